The van der Waals surface area contributed by atoms with Crippen molar-refractivity contribution in [1.82, 2.24) is 4.90 Å². The Labute approximate surface area is 136 Å². The first-order chi connectivity index (χ1) is 10.0. The van der Waals surface area contributed by atoms with E-state index in [0.29, 0.717) is 22.2 Å². The first kappa shape index (κ1) is 15.3. The number of Topliss-reactive ketones (excluding diaryl/α,β-unsaturated/α-hetero) is 1. The molecule has 0 radical (unpaired) electrons. The lowest BCUT2D eigenvalue weighted by atomic mass is 9.88. The molecule has 0 aromatic heterocycles. The highest BCUT2D eigenvalue weighted by Gasteiger charge is 2.39. The van der Waals surface area contributed by atoms with Crippen LogP contribution in [0.3, 0.4) is 0 Å². The number of nitrogens with zero attached hydrogens (tertiary/aromatic N) is 1. The number of carbonyl (C=O) groups is 1. The van der Waals surface area contributed by atoms with Crippen molar-refractivity contribution in [2.24, 2.45) is 17.8 Å². The van der Waals surface area contributed by atoms with Gasteiger partial charge in [-0.3, -0.25) is 9.69 Å². The molecule has 1 aromatic carbocycles. The van der Waals surface area contributed by atoms with Crippen LogP contribution in [0.2, 0.25) is 10.0 Å². The topological polar surface area (TPSA) is 20.3 Å². The molecule has 3 unspecified atom stereocenters. The molecule has 114 valence electrons. The zero-order valence-electron chi connectivity index (χ0n) is 12.3. The van der Waals surface area contributed by atoms with E-state index in [-0.39, 0.29) is 5.78 Å². The van der Waals surface area contributed by atoms with Crippen molar-refractivity contribution in [2.45, 2.75) is 25.7 Å². The van der Waals surface area contributed by atoms with E-state index in [1.165, 1.54) is 25.7 Å². The van der Waals surface area contributed by atoms with Crippen LogP contribution in [0.4, 0.5) is 0 Å². The average molecular weight is 326 g/mol. The van der Waals surface area contributed by atoms with E-state index < -0.39 is 0 Å². The average Bonchev–Trinajstić information content (AvgIpc) is 3.04. The Morgan fingerprint density at radius 2 is 2.05 bits per heavy atom. The van der Waals surface area contributed by atoms with E-state index in [2.05, 4.69) is 4.90 Å². The van der Waals surface area contributed by atoms with Crippen LogP contribution in [-0.2, 0) is 0 Å². The molecule has 4 heteroatoms. The molecule has 2 nitrogen and oxygen atoms in total. The van der Waals surface area contributed by atoms with Crippen LogP contribution in [-0.4, -0.2) is 30.8 Å². The summed E-state index contributed by atoms with van der Waals surface area (Å²) in [5, 5.41) is 0.932. The van der Waals surface area contributed by atoms with Crippen LogP contribution >= 0.6 is 23.2 Å². The maximum atomic E-state index is 12.3. The maximum absolute atomic E-state index is 12.3. The van der Waals surface area contributed by atoms with Crippen LogP contribution in [0.25, 0.3) is 0 Å². The molecule has 2 fully saturated rings. The van der Waals surface area contributed by atoms with Gasteiger partial charge < -0.3 is 0 Å². The molecule has 3 atom stereocenters. The molecule has 1 aromatic rings. The van der Waals surface area contributed by atoms with E-state index in [9.17, 15) is 4.79 Å². The van der Waals surface area contributed by atoms with Crippen LogP contribution < -0.4 is 0 Å². The van der Waals surface area contributed by atoms with Gasteiger partial charge in [0.25, 0.3) is 0 Å². The summed E-state index contributed by atoms with van der Waals surface area (Å²) in [5.74, 6) is 2.76. The zero-order chi connectivity index (χ0) is 15.0. The minimum absolute atomic E-state index is 0.110. The van der Waals surface area contributed by atoms with E-state index in [1.807, 2.05) is 7.05 Å². The summed E-state index contributed by atoms with van der Waals surface area (Å²) in [6, 6.07) is 5.10. The zero-order valence-corrected chi connectivity index (χ0v) is 13.8. The quantitative estimate of drug-likeness (QED) is 0.740. The highest BCUT2D eigenvalue weighted by Crippen LogP contribution is 2.48. The van der Waals surface area contributed by atoms with E-state index >= 15 is 0 Å². The third kappa shape index (κ3) is 3.44. The first-order valence-electron chi connectivity index (χ1n) is 7.69. The minimum atomic E-state index is 0.110. The molecule has 0 amide bonds. The summed E-state index contributed by atoms with van der Waals surface area (Å²) >= 11 is 11.9. The molecular formula is C17H21Cl2NO. The standard InChI is InChI=1S/C17H21Cl2NO/c1-20(9-14-7-11-2-3-12(14)6-11)10-17(21)13-4-5-15(18)16(19)8-13/h4-5,8,11-12,14H,2-3,6-7,9-10H2,1H3. The number of rotatable bonds is 5. The summed E-state index contributed by atoms with van der Waals surface area (Å²) in [4.78, 5) is 14.5. The van der Waals surface area contributed by atoms with Crippen molar-refractivity contribution in [3.8, 4) is 0 Å². The molecule has 2 saturated carbocycles. The smallest absolute Gasteiger partial charge is 0.176 e. The number of likely N-dealkylation sites (N-methyl/N-ethyl adjacent to an activating group) is 1. The van der Waals surface area contributed by atoms with Gasteiger partial charge in [-0.05, 0) is 62.3 Å². The van der Waals surface area contributed by atoms with E-state index in [0.717, 1.165) is 24.3 Å². The third-order valence-corrected chi connectivity index (χ3v) is 5.82. The minimum Gasteiger partial charge on any atom is -0.299 e. The third-order valence-electron chi connectivity index (χ3n) is 5.09. The highest BCUT2D eigenvalue weighted by atomic mass is 35.5. The molecule has 0 spiro atoms. The first-order valence-corrected chi connectivity index (χ1v) is 8.45. The summed E-state index contributed by atoms with van der Waals surface area (Å²) in [7, 11) is 2.04. The van der Waals surface area contributed by atoms with Gasteiger partial charge in [-0.1, -0.05) is 29.6 Å². The molecular weight excluding hydrogens is 305 g/mol. The van der Waals surface area contributed by atoms with Gasteiger partial charge in [-0.15, -0.1) is 0 Å². The Morgan fingerprint density at radius 1 is 1.24 bits per heavy atom. The number of fused-ring (bicyclic) bond motifs is 2. The van der Waals surface area contributed by atoms with Crippen molar-refractivity contribution < 1.29 is 4.79 Å². The van der Waals surface area contributed by atoms with Gasteiger partial charge in [0.1, 0.15) is 0 Å². The summed E-state index contributed by atoms with van der Waals surface area (Å²) in [6.07, 6.45) is 5.59. The molecule has 0 saturated heterocycles. The van der Waals surface area contributed by atoms with Gasteiger partial charge in [0.05, 0.1) is 16.6 Å². The second-order valence-electron chi connectivity index (χ2n) is 6.68. The van der Waals surface area contributed by atoms with Gasteiger partial charge in [-0.25, -0.2) is 0 Å². The van der Waals surface area contributed by atoms with Crippen LogP contribution in [0, 0.1) is 17.8 Å². The lowest BCUT2D eigenvalue weighted by Crippen LogP contribution is -2.32. The van der Waals surface area contributed by atoms with Crippen molar-refractivity contribution in [3.05, 3.63) is 33.8 Å². The predicted molar refractivity (Wildman–Crippen MR) is 87.2 cm³/mol. The number of ketones is 1. The fourth-order valence-corrected chi connectivity index (χ4v) is 4.37. The second-order valence-corrected chi connectivity index (χ2v) is 7.50. The molecule has 2 aliphatic carbocycles. The van der Waals surface area contributed by atoms with Gasteiger partial charge in [0.15, 0.2) is 5.78 Å². The van der Waals surface area contributed by atoms with Gasteiger partial charge in [0.2, 0.25) is 0 Å². The van der Waals surface area contributed by atoms with E-state index in [4.69, 9.17) is 23.2 Å². The fourth-order valence-electron chi connectivity index (χ4n) is 4.07. The number of carbonyl (C=O) groups excluding carboxylic acids is 1. The molecule has 21 heavy (non-hydrogen) atoms. The van der Waals surface area contributed by atoms with Crippen LogP contribution in [0.1, 0.15) is 36.0 Å². The summed E-state index contributed by atoms with van der Waals surface area (Å²) in [5.41, 5.74) is 0.643. The SMILES string of the molecule is CN(CC(=O)c1ccc(Cl)c(Cl)c1)CC1CC2CCC1C2. The lowest BCUT2D eigenvalue weighted by molar-refractivity contribution is 0.0929. The monoisotopic (exact) mass is 325 g/mol. The Morgan fingerprint density at radius 3 is 2.67 bits per heavy atom. The molecule has 2 aliphatic rings. The predicted octanol–water partition coefficient (Wildman–Crippen LogP) is 4.54. The lowest BCUT2D eigenvalue weighted by Gasteiger charge is -2.26. The Balaban J connectivity index is 1.55. The molecule has 0 heterocycles. The normalized spacial score (nSPS) is 27.5. The maximum Gasteiger partial charge on any atom is 0.176 e. The van der Waals surface area contributed by atoms with Crippen molar-refractivity contribution in [3.63, 3.8) is 0 Å². The second kappa shape index (κ2) is 6.28. The highest BCUT2D eigenvalue weighted by molar-refractivity contribution is 6.42. The molecule has 2 bridgehead atoms. The number of hydrogen-bond acceptors (Lipinski definition) is 2. The van der Waals surface area contributed by atoms with Crippen LogP contribution in [0.5, 0.6) is 0 Å². The van der Waals surface area contributed by atoms with Crippen molar-refractivity contribution >= 4 is 29.0 Å². The van der Waals surface area contributed by atoms with E-state index in [1.54, 1.807) is 18.2 Å². The van der Waals surface area contributed by atoms with Gasteiger partial charge in [-0.2, -0.15) is 0 Å². The Hall–Kier alpha value is -0.570. The number of benzene rings is 1. The Bertz CT molecular complexity index is 546. The van der Waals surface area contributed by atoms with Crippen molar-refractivity contribution in [2.75, 3.05) is 20.1 Å². The molecule has 0 aliphatic heterocycles. The largest absolute Gasteiger partial charge is 0.299 e. The molecule has 3 rings (SSSR count). The number of halogens is 2. The van der Waals surface area contributed by atoms with Gasteiger partial charge >= 0.3 is 0 Å². The van der Waals surface area contributed by atoms with Gasteiger partial charge in [0, 0.05) is 12.1 Å². The Kier molecular flexibility index (Phi) is 4.58. The summed E-state index contributed by atoms with van der Waals surface area (Å²) in [6.45, 7) is 1.49. The van der Waals surface area contributed by atoms with Crippen LogP contribution in [0.15, 0.2) is 18.2 Å². The fraction of sp³-hybridized carbons (Fsp3) is 0.588. The summed E-state index contributed by atoms with van der Waals surface area (Å²) < 4.78 is 0. The van der Waals surface area contributed by atoms with Crippen molar-refractivity contribution in [1.29, 1.82) is 0 Å². The number of hydrogen-bond donors (Lipinski definition) is 0. The molecule has 0 N–H and O–H groups in total.